The molecule has 94 valence electrons. The topological polar surface area (TPSA) is 34.2 Å². The smallest absolute Gasteiger partial charge is 0.210 e. The van der Waals surface area contributed by atoms with Crippen molar-refractivity contribution in [3.8, 4) is 12.5 Å². The molecule has 0 radical (unpaired) electrons. The summed E-state index contributed by atoms with van der Waals surface area (Å²) in [5.41, 5.74) is 1.21. The lowest BCUT2D eigenvalue weighted by atomic mass is 10.2. The molecule has 1 fully saturated rings. The highest BCUT2D eigenvalue weighted by Gasteiger charge is 2.12. The number of hydrogen-bond donors (Lipinski definition) is 1. The summed E-state index contributed by atoms with van der Waals surface area (Å²) in [6.45, 7) is 0.784. The fourth-order valence-corrected chi connectivity index (χ4v) is 1.88. The van der Waals surface area contributed by atoms with Gasteiger partial charge in [0, 0.05) is 18.1 Å². The zero-order valence-corrected chi connectivity index (χ0v) is 10.3. The number of rotatable bonds is 1. The Labute approximate surface area is 107 Å². The molecule has 1 aromatic heterocycles. The molecule has 0 bridgehead atoms. The molecule has 0 amide bonds. The van der Waals surface area contributed by atoms with Crippen LogP contribution in [-0.2, 0) is 9.47 Å². The summed E-state index contributed by atoms with van der Waals surface area (Å²) >= 11 is 0. The number of ether oxygens (including phenoxy) is 2. The minimum absolute atomic E-state index is 0.135. The number of H-pyrrole nitrogens is 1. The van der Waals surface area contributed by atoms with Gasteiger partial charge in [-0.05, 0) is 30.4 Å². The number of para-hydroxylation sites is 1. The number of aromatic nitrogens is 1. The van der Waals surface area contributed by atoms with Crippen molar-refractivity contribution in [3.63, 3.8) is 0 Å². The number of terminal acetylenes is 1. The van der Waals surface area contributed by atoms with E-state index >= 15 is 0 Å². The van der Waals surface area contributed by atoms with E-state index in [2.05, 4.69) is 29.3 Å². The van der Waals surface area contributed by atoms with Gasteiger partial charge in [0.05, 0.1) is 6.61 Å². The van der Waals surface area contributed by atoms with E-state index in [0.29, 0.717) is 0 Å². The van der Waals surface area contributed by atoms with Crippen LogP contribution in [0, 0.1) is 12.5 Å². The summed E-state index contributed by atoms with van der Waals surface area (Å²) in [6.07, 6.45) is 12.1. The van der Waals surface area contributed by atoms with E-state index < -0.39 is 0 Å². The monoisotopic (exact) mass is 243 g/mol. The van der Waals surface area contributed by atoms with Crippen molar-refractivity contribution >= 4 is 10.9 Å². The van der Waals surface area contributed by atoms with Gasteiger partial charge in [-0.3, -0.25) is 0 Å². The summed E-state index contributed by atoms with van der Waals surface area (Å²) in [7, 11) is 0. The maximum absolute atomic E-state index is 5.15. The Morgan fingerprint density at radius 3 is 2.89 bits per heavy atom. The van der Waals surface area contributed by atoms with E-state index in [1.54, 1.807) is 0 Å². The van der Waals surface area contributed by atoms with E-state index in [-0.39, 0.29) is 6.29 Å². The Morgan fingerprint density at radius 2 is 2.17 bits per heavy atom. The molecule has 3 heteroatoms. The fraction of sp³-hybridized carbons (Fsp3) is 0.333. The van der Waals surface area contributed by atoms with E-state index in [4.69, 9.17) is 15.9 Å². The normalized spacial score (nSPS) is 18.5. The second-order valence-corrected chi connectivity index (χ2v) is 4.10. The first kappa shape index (κ1) is 12.5. The van der Waals surface area contributed by atoms with Crippen LogP contribution in [0.2, 0.25) is 0 Å². The fourth-order valence-electron chi connectivity index (χ4n) is 1.88. The van der Waals surface area contributed by atoms with Gasteiger partial charge in [-0.2, -0.15) is 0 Å². The summed E-state index contributed by atoms with van der Waals surface area (Å²) in [4.78, 5) is 3.12. The minimum Gasteiger partial charge on any atom is -0.415 e. The van der Waals surface area contributed by atoms with E-state index in [1.807, 2.05) is 18.3 Å². The Kier molecular flexibility index (Phi) is 4.68. The zero-order valence-electron chi connectivity index (χ0n) is 10.3. The molecule has 0 aliphatic carbocycles. The molecular formula is C15H17NO2. The lowest BCUT2D eigenvalue weighted by Gasteiger charge is -2.19. The van der Waals surface area contributed by atoms with Gasteiger partial charge < -0.3 is 14.5 Å². The van der Waals surface area contributed by atoms with Crippen LogP contribution in [-0.4, -0.2) is 17.9 Å². The molecule has 1 atom stereocenters. The van der Waals surface area contributed by atoms with E-state index in [0.717, 1.165) is 25.9 Å². The molecule has 3 rings (SSSR count). The van der Waals surface area contributed by atoms with Crippen molar-refractivity contribution in [2.75, 3.05) is 6.61 Å². The van der Waals surface area contributed by atoms with Gasteiger partial charge in [-0.25, -0.2) is 0 Å². The summed E-state index contributed by atoms with van der Waals surface area (Å²) in [6, 6.07) is 10.3. The highest BCUT2D eigenvalue weighted by Crippen LogP contribution is 2.12. The molecular weight excluding hydrogens is 226 g/mol. The molecule has 0 saturated carbocycles. The Balaban J connectivity index is 0.000000134. The summed E-state index contributed by atoms with van der Waals surface area (Å²) in [5, 5.41) is 1.28. The minimum atomic E-state index is -0.135. The highest BCUT2D eigenvalue weighted by molar-refractivity contribution is 5.78. The number of benzene rings is 1. The van der Waals surface area contributed by atoms with Gasteiger partial charge in [-0.1, -0.05) is 24.6 Å². The molecule has 1 aromatic carbocycles. The lowest BCUT2D eigenvalue weighted by molar-refractivity contribution is -0.121. The van der Waals surface area contributed by atoms with E-state index in [1.165, 1.54) is 10.9 Å². The number of fused-ring (bicyclic) bond motifs is 1. The number of aromatic amines is 1. The first-order valence-electron chi connectivity index (χ1n) is 6.15. The quantitative estimate of drug-likeness (QED) is 0.780. The van der Waals surface area contributed by atoms with E-state index in [9.17, 15) is 0 Å². The average molecular weight is 243 g/mol. The van der Waals surface area contributed by atoms with Crippen LogP contribution >= 0.6 is 0 Å². The van der Waals surface area contributed by atoms with Crippen molar-refractivity contribution in [2.45, 2.75) is 25.6 Å². The van der Waals surface area contributed by atoms with Gasteiger partial charge in [0.2, 0.25) is 6.29 Å². The first-order chi connectivity index (χ1) is 8.90. The molecule has 1 aliphatic rings. The largest absolute Gasteiger partial charge is 0.415 e. The summed E-state index contributed by atoms with van der Waals surface area (Å²) < 4.78 is 9.94. The third kappa shape index (κ3) is 3.54. The zero-order chi connectivity index (χ0) is 12.6. The van der Waals surface area contributed by atoms with Crippen LogP contribution in [0.3, 0.4) is 0 Å². The van der Waals surface area contributed by atoms with Gasteiger partial charge in [-0.15, -0.1) is 0 Å². The van der Waals surface area contributed by atoms with Crippen molar-refractivity contribution in [3.05, 3.63) is 36.5 Å². The SMILES string of the molecule is C#COC1CCCCO1.c1ccc2[nH]ccc2c1. The Morgan fingerprint density at radius 1 is 1.28 bits per heavy atom. The van der Waals surface area contributed by atoms with Gasteiger partial charge >= 0.3 is 0 Å². The second-order valence-electron chi connectivity index (χ2n) is 4.10. The predicted octanol–water partition coefficient (Wildman–Crippen LogP) is 3.29. The summed E-state index contributed by atoms with van der Waals surface area (Å²) in [5.74, 6) is 0. The van der Waals surface area contributed by atoms with Gasteiger partial charge in [0.15, 0.2) is 0 Å². The predicted molar refractivity (Wildman–Crippen MR) is 71.8 cm³/mol. The second kappa shape index (κ2) is 6.73. The lowest BCUT2D eigenvalue weighted by Crippen LogP contribution is -2.20. The molecule has 1 aliphatic heterocycles. The van der Waals surface area contributed by atoms with Crippen molar-refractivity contribution in [1.29, 1.82) is 0 Å². The molecule has 3 nitrogen and oxygen atoms in total. The number of nitrogens with one attached hydrogen (secondary N) is 1. The molecule has 2 aromatic rings. The number of hydrogen-bond acceptors (Lipinski definition) is 2. The Hall–Kier alpha value is -1.92. The first-order valence-corrected chi connectivity index (χ1v) is 6.15. The molecule has 2 heterocycles. The van der Waals surface area contributed by atoms with Crippen molar-refractivity contribution in [1.82, 2.24) is 4.98 Å². The maximum Gasteiger partial charge on any atom is 0.210 e. The van der Waals surface area contributed by atoms with Crippen LogP contribution < -0.4 is 0 Å². The Bertz CT molecular complexity index is 476. The maximum atomic E-state index is 5.15. The van der Waals surface area contributed by atoms with Gasteiger partial charge in [0.1, 0.15) is 6.11 Å². The van der Waals surface area contributed by atoms with Crippen LogP contribution in [0.5, 0.6) is 0 Å². The van der Waals surface area contributed by atoms with Crippen LogP contribution in [0.25, 0.3) is 10.9 Å². The van der Waals surface area contributed by atoms with Crippen LogP contribution in [0.15, 0.2) is 36.5 Å². The molecule has 18 heavy (non-hydrogen) atoms. The third-order valence-electron chi connectivity index (χ3n) is 2.80. The highest BCUT2D eigenvalue weighted by atomic mass is 16.7. The van der Waals surface area contributed by atoms with Crippen molar-refractivity contribution < 1.29 is 9.47 Å². The average Bonchev–Trinajstić information content (AvgIpc) is 2.89. The molecule has 1 N–H and O–H groups in total. The molecule has 0 spiro atoms. The molecule has 1 unspecified atom stereocenters. The van der Waals surface area contributed by atoms with Crippen LogP contribution in [0.1, 0.15) is 19.3 Å². The van der Waals surface area contributed by atoms with Crippen molar-refractivity contribution in [2.24, 2.45) is 0 Å². The molecule has 1 saturated heterocycles. The third-order valence-corrected chi connectivity index (χ3v) is 2.80. The standard InChI is InChI=1S/C8H7N.C7H10O2/c1-2-4-8-7(3-1)5-6-9-8;1-2-8-7-5-3-4-6-9-7/h1-6,9H;1,7H,3-6H2. The van der Waals surface area contributed by atoms with Gasteiger partial charge in [0.25, 0.3) is 0 Å². The van der Waals surface area contributed by atoms with Crippen LogP contribution in [0.4, 0.5) is 0 Å².